The third-order valence-electron chi connectivity index (χ3n) is 6.02. The first-order valence-corrected chi connectivity index (χ1v) is 11.3. The summed E-state index contributed by atoms with van der Waals surface area (Å²) in [5, 5.41) is 12.3. The van der Waals surface area contributed by atoms with Crippen molar-refractivity contribution in [1.29, 1.82) is 0 Å². The number of carboxylic acid groups (broad SMARTS) is 1. The molecule has 8 heteroatoms. The zero-order valence-electron chi connectivity index (χ0n) is 19.9. The van der Waals surface area contributed by atoms with Gasteiger partial charge in [-0.1, -0.05) is 44.2 Å². The molecule has 1 aliphatic rings. The van der Waals surface area contributed by atoms with Gasteiger partial charge in [0.2, 0.25) is 5.60 Å². The number of amides is 1. The van der Waals surface area contributed by atoms with Gasteiger partial charge in [0.15, 0.2) is 5.78 Å². The quantitative estimate of drug-likeness (QED) is 0.514. The molecule has 2 atom stereocenters. The molecule has 1 fully saturated rings. The molecule has 2 aromatic carbocycles. The van der Waals surface area contributed by atoms with Crippen molar-refractivity contribution >= 4 is 17.7 Å². The largest absolute Gasteiger partial charge is 0.496 e. The molecule has 0 aliphatic carbocycles. The molecule has 1 heterocycles. The molecular weight excluding hydrogens is 438 g/mol. The van der Waals surface area contributed by atoms with Gasteiger partial charge in [-0.25, -0.2) is 4.79 Å². The Balaban J connectivity index is 1.80. The fourth-order valence-electron chi connectivity index (χ4n) is 4.25. The standard InChI is InChI=1S/C26H31NO7/c1-16(2)23(28)26(13-6-14-34-26)25(31)27-19(24(29)30)15-17-9-11-18(12-10-17)22-20(32-3)7-5-8-21(22)33-4/h5,7-12,16,19H,6,13-15H2,1-4H3,(H,27,31)(H,29,30)/t19-,26-/m0/s1. The molecule has 1 saturated heterocycles. The highest BCUT2D eigenvalue weighted by Crippen LogP contribution is 2.38. The Hall–Kier alpha value is -3.39. The molecule has 1 aliphatic heterocycles. The van der Waals surface area contributed by atoms with Gasteiger partial charge in [-0.15, -0.1) is 0 Å². The van der Waals surface area contributed by atoms with Crippen LogP contribution in [0, 0.1) is 5.92 Å². The number of Topliss-reactive ketones (excluding diaryl/α,β-unsaturated/α-hetero) is 1. The Kier molecular flexibility index (Phi) is 7.94. The van der Waals surface area contributed by atoms with Crippen LogP contribution in [0.2, 0.25) is 0 Å². The van der Waals surface area contributed by atoms with Crippen LogP contribution in [-0.4, -0.2) is 55.2 Å². The number of hydrogen-bond donors (Lipinski definition) is 2. The predicted octanol–water partition coefficient (Wildman–Crippen LogP) is 3.26. The molecule has 3 rings (SSSR count). The molecule has 2 aromatic rings. The van der Waals surface area contributed by atoms with Crippen molar-refractivity contribution in [2.24, 2.45) is 5.92 Å². The van der Waals surface area contributed by atoms with E-state index in [4.69, 9.17) is 14.2 Å². The smallest absolute Gasteiger partial charge is 0.326 e. The summed E-state index contributed by atoms with van der Waals surface area (Å²) in [6.45, 7) is 3.69. The SMILES string of the molecule is COc1cccc(OC)c1-c1ccc(C[C@H](NC(=O)[C@@]2(C(=O)C(C)C)CCCO2)C(=O)O)cc1. The number of carboxylic acids is 1. The minimum Gasteiger partial charge on any atom is -0.496 e. The second-order valence-electron chi connectivity index (χ2n) is 8.60. The average molecular weight is 470 g/mol. The monoisotopic (exact) mass is 469 g/mol. The Labute approximate surface area is 199 Å². The van der Waals surface area contributed by atoms with Gasteiger partial charge in [0, 0.05) is 18.9 Å². The van der Waals surface area contributed by atoms with Crippen molar-refractivity contribution in [1.82, 2.24) is 5.32 Å². The maximum Gasteiger partial charge on any atom is 0.326 e. The summed E-state index contributed by atoms with van der Waals surface area (Å²) in [6.07, 6.45) is 0.867. The second kappa shape index (κ2) is 10.7. The number of hydrogen-bond acceptors (Lipinski definition) is 6. The van der Waals surface area contributed by atoms with E-state index >= 15 is 0 Å². The van der Waals surface area contributed by atoms with Crippen LogP contribution >= 0.6 is 0 Å². The fraction of sp³-hybridized carbons (Fsp3) is 0.423. The van der Waals surface area contributed by atoms with E-state index in [1.807, 2.05) is 30.3 Å². The molecule has 1 amide bonds. The number of carbonyl (C=O) groups excluding carboxylic acids is 2. The highest BCUT2D eigenvalue weighted by atomic mass is 16.5. The summed E-state index contributed by atoms with van der Waals surface area (Å²) in [5.74, 6) is -1.31. The first kappa shape index (κ1) is 25.2. The van der Waals surface area contributed by atoms with E-state index in [0.29, 0.717) is 23.5 Å². The lowest BCUT2D eigenvalue weighted by Crippen LogP contribution is -2.57. The Morgan fingerprint density at radius 3 is 2.15 bits per heavy atom. The molecular formula is C26H31NO7. The van der Waals surface area contributed by atoms with Gasteiger partial charge in [0.25, 0.3) is 5.91 Å². The summed E-state index contributed by atoms with van der Waals surface area (Å²) in [4.78, 5) is 37.7. The second-order valence-corrected chi connectivity index (χ2v) is 8.60. The van der Waals surface area contributed by atoms with Gasteiger partial charge in [0.1, 0.15) is 17.5 Å². The van der Waals surface area contributed by atoms with Gasteiger partial charge in [-0.2, -0.15) is 0 Å². The maximum atomic E-state index is 13.1. The minimum atomic E-state index is -1.62. The van der Waals surface area contributed by atoms with Crippen molar-refractivity contribution in [2.75, 3.05) is 20.8 Å². The van der Waals surface area contributed by atoms with E-state index in [2.05, 4.69) is 5.32 Å². The van der Waals surface area contributed by atoms with Gasteiger partial charge >= 0.3 is 5.97 Å². The molecule has 0 bridgehead atoms. The molecule has 0 radical (unpaired) electrons. The zero-order valence-corrected chi connectivity index (χ0v) is 19.9. The van der Waals surface area contributed by atoms with Crippen LogP contribution in [0.3, 0.4) is 0 Å². The van der Waals surface area contributed by atoms with Crippen molar-refractivity contribution in [3.63, 3.8) is 0 Å². The van der Waals surface area contributed by atoms with E-state index in [1.54, 1.807) is 40.2 Å². The van der Waals surface area contributed by atoms with Crippen molar-refractivity contribution in [2.45, 2.75) is 44.8 Å². The summed E-state index contributed by atoms with van der Waals surface area (Å²) >= 11 is 0. The van der Waals surface area contributed by atoms with Gasteiger partial charge in [0.05, 0.1) is 19.8 Å². The molecule has 2 N–H and O–H groups in total. The number of ether oxygens (including phenoxy) is 3. The molecule has 0 saturated carbocycles. The Morgan fingerprint density at radius 2 is 1.68 bits per heavy atom. The third-order valence-corrected chi connectivity index (χ3v) is 6.02. The van der Waals surface area contributed by atoms with E-state index in [1.165, 1.54) is 0 Å². The van der Waals surface area contributed by atoms with E-state index < -0.39 is 29.4 Å². The van der Waals surface area contributed by atoms with Crippen molar-refractivity contribution in [3.8, 4) is 22.6 Å². The fourth-order valence-corrected chi connectivity index (χ4v) is 4.25. The van der Waals surface area contributed by atoms with Gasteiger partial charge in [-0.05, 0) is 36.1 Å². The van der Waals surface area contributed by atoms with Crippen LogP contribution < -0.4 is 14.8 Å². The van der Waals surface area contributed by atoms with Crippen LogP contribution in [0.1, 0.15) is 32.3 Å². The lowest BCUT2D eigenvalue weighted by atomic mass is 9.86. The molecule has 8 nitrogen and oxygen atoms in total. The number of aliphatic carboxylic acids is 1. The van der Waals surface area contributed by atoms with Gasteiger partial charge in [-0.3, -0.25) is 9.59 Å². The number of ketones is 1. The zero-order chi connectivity index (χ0) is 24.9. The normalized spacial score (nSPS) is 18.4. The summed E-state index contributed by atoms with van der Waals surface area (Å²) in [5.41, 5.74) is 0.720. The average Bonchev–Trinajstić information content (AvgIpc) is 3.34. The Bertz CT molecular complexity index is 1020. The van der Waals surface area contributed by atoms with Crippen LogP contribution in [0.4, 0.5) is 0 Å². The molecule has 0 unspecified atom stereocenters. The lowest BCUT2D eigenvalue weighted by molar-refractivity contribution is -0.158. The molecule has 0 spiro atoms. The minimum absolute atomic E-state index is 0.0519. The molecule has 182 valence electrons. The van der Waals surface area contributed by atoms with Crippen LogP contribution in [0.25, 0.3) is 11.1 Å². The summed E-state index contributed by atoms with van der Waals surface area (Å²) in [7, 11) is 3.16. The number of rotatable bonds is 10. The van der Waals surface area contributed by atoms with E-state index in [0.717, 1.165) is 11.1 Å². The highest BCUT2D eigenvalue weighted by molar-refractivity contribution is 6.11. The predicted molar refractivity (Wildman–Crippen MR) is 126 cm³/mol. The number of benzene rings is 2. The van der Waals surface area contributed by atoms with Crippen molar-refractivity contribution < 1.29 is 33.7 Å². The van der Waals surface area contributed by atoms with E-state index in [9.17, 15) is 19.5 Å². The third kappa shape index (κ3) is 5.07. The first-order chi connectivity index (χ1) is 16.2. The Morgan fingerprint density at radius 1 is 1.06 bits per heavy atom. The van der Waals surface area contributed by atoms with Crippen molar-refractivity contribution in [3.05, 3.63) is 48.0 Å². The highest BCUT2D eigenvalue weighted by Gasteiger charge is 2.50. The summed E-state index contributed by atoms with van der Waals surface area (Å²) < 4.78 is 16.5. The van der Waals surface area contributed by atoms with Crippen LogP contribution in [-0.2, 0) is 25.5 Å². The summed E-state index contributed by atoms with van der Waals surface area (Å²) in [6, 6.07) is 11.6. The maximum absolute atomic E-state index is 13.1. The topological polar surface area (TPSA) is 111 Å². The number of carbonyl (C=O) groups is 3. The number of methoxy groups -OCH3 is 2. The molecule has 34 heavy (non-hydrogen) atoms. The lowest BCUT2D eigenvalue weighted by Gasteiger charge is -2.29. The van der Waals surface area contributed by atoms with Crippen LogP contribution in [0.15, 0.2) is 42.5 Å². The molecule has 0 aromatic heterocycles. The van der Waals surface area contributed by atoms with Gasteiger partial charge < -0.3 is 24.6 Å². The first-order valence-electron chi connectivity index (χ1n) is 11.3. The van der Waals surface area contributed by atoms with E-state index in [-0.39, 0.29) is 25.2 Å². The number of nitrogens with one attached hydrogen (secondary N) is 1. The van der Waals surface area contributed by atoms with Crippen LogP contribution in [0.5, 0.6) is 11.5 Å².